The molecule has 3 aromatic heterocycles. The molecule has 0 atom stereocenters. The Bertz CT molecular complexity index is 1260. The first-order valence-electron chi connectivity index (χ1n) is 9.64. The molecule has 5 rings (SSSR count). The van der Waals surface area contributed by atoms with Crippen molar-refractivity contribution in [3.63, 3.8) is 0 Å². The van der Waals surface area contributed by atoms with Crippen LogP contribution in [0.15, 0.2) is 55.0 Å². The van der Waals surface area contributed by atoms with Crippen LogP contribution in [0, 0.1) is 0 Å². The topological polar surface area (TPSA) is 97.4 Å². The zero-order chi connectivity index (χ0) is 20.7. The van der Waals surface area contributed by atoms with E-state index in [0.29, 0.717) is 30.2 Å². The summed E-state index contributed by atoms with van der Waals surface area (Å²) in [5.41, 5.74) is 2.48. The first kappa shape index (κ1) is 18.0. The average molecular weight is 401 g/mol. The fourth-order valence-electron chi connectivity index (χ4n) is 3.38. The smallest absolute Gasteiger partial charge is 0.274 e. The van der Waals surface area contributed by atoms with Crippen molar-refractivity contribution in [2.24, 2.45) is 7.05 Å². The highest BCUT2D eigenvalue weighted by Gasteiger charge is 2.29. The number of hydrogen-bond donors (Lipinski definition) is 1. The molecule has 150 valence electrons. The summed E-state index contributed by atoms with van der Waals surface area (Å²) < 4.78 is 3.21. The predicted molar refractivity (Wildman–Crippen MR) is 110 cm³/mol. The summed E-state index contributed by atoms with van der Waals surface area (Å²) in [7, 11) is 1.70. The Kier molecular flexibility index (Phi) is 4.27. The molecule has 9 nitrogen and oxygen atoms in total. The number of amides is 2. The second-order valence-electron chi connectivity index (χ2n) is 7.17. The number of nitrogens with zero attached hydrogens (tertiary/aromatic N) is 6. The minimum Gasteiger partial charge on any atom is -0.337 e. The van der Waals surface area contributed by atoms with Gasteiger partial charge in [-0.15, -0.1) is 5.10 Å². The van der Waals surface area contributed by atoms with Crippen LogP contribution in [-0.4, -0.2) is 54.0 Å². The van der Waals surface area contributed by atoms with Crippen molar-refractivity contribution in [2.45, 2.75) is 6.42 Å². The molecule has 0 saturated carbocycles. The molecule has 2 amide bonds. The zero-order valence-electron chi connectivity index (χ0n) is 16.3. The van der Waals surface area contributed by atoms with E-state index in [9.17, 15) is 9.59 Å². The molecule has 4 heterocycles. The molecule has 0 spiro atoms. The molecule has 1 fully saturated rings. The Balaban J connectivity index is 1.41. The molecule has 0 radical (unpaired) electrons. The molecule has 0 unspecified atom stereocenters. The lowest BCUT2D eigenvalue weighted by Crippen LogP contribution is -2.43. The third-order valence-corrected chi connectivity index (χ3v) is 5.13. The maximum absolute atomic E-state index is 12.9. The number of fused-ring (bicyclic) bond motifs is 1. The fourth-order valence-corrected chi connectivity index (χ4v) is 3.38. The van der Waals surface area contributed by atoms with Gasteiger partial charge >= 0.3 is 0 Å². The van der Waals surface area contributed by atoms with Crippen molar-refractivity contribution < 1.29 is 9.59 Å². The second-order valence-corrected chi connectivity index (χ2v) is 7.17. The van der Waals surface area contributed by atoms with Gasteiger partial charge < -0.3 is 14.8 Å². The molecule has 9 heteroatoms. The van der Waals surface area contributed by atoms with Gasteiger partial charge in [-0.2, -0.15) is 0 Å². The van der Waals surface area contributed by atoms with E-state index in [1.807, 2.05) is 30.3 Å². The molecule has 4 aromatic rings. The van der Waals surface area contributed by atoms with Gasteiger partial charge in [-0.25, -0.2) is 14.5 Å². The van der Waals surface area contributed by atoms with Crippen LogP contribution in [0.3, 0.4) is 0 Å². The van der Waals surface area contributed by atoms with Crippen LogP contribution < -0.4 is 5.32 Å². The Morgan fingerprint density at radius 2 is 1.90 bits per heavy atom. The van der Waals surface area contributed by atoms with Gasteiger partial charge in [0.25, 0.3) is 11.8 Å². The van der Waals surface area contributed by atoms with E-state index in [1.54, 1.807) is 39.4 Å². The van der Waals surface area contributed by atoms with E-state index < -0.39 is 5.91 Å². The Morgan fingerprint density at radius 1 is 1.10 bits per heavy atom. The number of benzene rings is 1. The highest BCUT2D eigenvalue weighted by atomic mass is 16.2. The summed E-state index contributed by atoms with van der Waals surface area (Å²) in [6, 6.07) is 13.2. The normalized spacial score (nSPS) is 13.3. The number of rotatable bonds is 4. The lowest BCUT2D eigenvalue weighted by atomic mass is 10.2. The summed E-state index contributed by atoms with van der Waals surface area (Å²) in [6.45, 7) is 1.40. The van der Waals surface area contributed by atoms with Crippen molar-refractivity contribution in [3.8, 4) is 11.4 Å². The van der Waals surface area contributed by atoms with Crippen LogP contribution >= 0.6 is 0 Å². The average Bonchev–Trinajstić information content (AvgIpc) is 3.30. The largest absolute Gasteiger partial charge is 0.337 e. The number of carbonyl (C=O) groups excluding carboxylic acids is 2. The van der Waals surface area contributed by atoms with Crippen molar-refractivity contribution in [2.75, 3.05) is 18.4 Å². The number of aromatic nitrogens is 5. The predicted octanol–water partition coefficient (Wildman–Crippen LogP) is 2.23. The first-order chi connectivity index (χ1) is 14.6. The van der Waals surface area contributed by atoms with E-state index in [4.69, 9.17) is 0 Å². The van der Waals surface area contributed by atoms with E-state index in [1.165, 1.54) is 6.33 Å². The maximum Gasteiger partial charge on any atom is 0.274 e. The second kappa shape index (κ2) is 7.11. The monoisotopic (exact) mass is 401 g/mol. The number of pyridine rings is 1. The summed E-state index contributed by atoms with van der Waals surface area (Å²) in [5, 5.41) is 7.31. The van der Waals surface area contributed by atoms with Gasteiger partial charge in [0.15, 0.2) is 17.2 Å². The van der Waals surface area contributed by atoms with Gasteiger partial charge in [-0.3, -0.25) is 9.59 Å². The molecule has 0 aliphatic carbocycles. The first-order valence-corrected chi connectivity index (χ1v) is 9.64. The standard InChI is InChI=1S/C21H19N7O2/c1-26-13-22-17(21(30)27-9-5-10-27)18(26)20(29)23-15-8-11-28-16(12-15)24-19(25-28)14-6-3-2-4-7-14/h2-4,6-8,11-13H,5,9-10H2,1H3,(H,23,29). The number of anilines is 1. The van der Waals surface area contributed by atoms with Crippen molar-refractivity contribution >= 4 is 23.1 Å². The number of aryl methyl sites for hydroxylation is 1. The number of imidazole rings is 1. The highest BCUT2D eigenvalue weighted by molar-refractivity contribution is 6.10. The number of likely N-dealkylation sites (tertiary alicyclic amines) is 1. The molecule has 30 heavy (non-hydrogen) atoms. The quantitative estimate of drug-likeness (QED) is 0.566. The van der Waals surface area contributed by atoms with Gasteiger partial charge in [-0.05, 0) is 12.5 Å². The Hall–Kier alpha value is -4.01. The zero-order valence-corrected chi connectivity index (χ0v) is 16.3. The molecule has 1 aliphatic heterocycles. The highest BCUT2D eigenvalue weighted by Crippen LogP contribution is 2.20. The SMILES string of the molecule is Cn1cnc(C(=O)N2CCC2)c1C(=O)Nc1ccn2nc(-c3ccccc3)nc2c1. The number of hydrogen-bond acceptors (Lipinski definition) is 5. The van der Waals surface area contributed by atoms with E-state index >= 15 is 0 Å². The minimum atomic E-state index is -0.397. The fraction of sp³-hybridized carbons (Fsp3) is 0.190. The Labute approximate surface area is 172 Å². The van der Waals surface area contributed by atoms with Gasteiger partial charge in [0.1, 0.15) is 5.69 Å². The number of carbonyl (C=O) groups is 2. The Morgan fingerprint density at radius 3 is 2.63 bits per heavy atom. The van der Waals surface area contributed by atoms with Crippen molar-refractivity contribution in [1.82, 2.24) is 29.0 Å². The van der Waals surface area contributed by atoms with Crippen LogP contribution in [0.5, 0.6) is 0 Å². The minimum absolute atomic E-state index is 0.171. The third-order valence-electron chi connectivity index (χ3n) is 5.13. The summed E-state index contributed by atoms with van der Waals surface area (Å²) in [5.74, 6) is -0.00780. The summed E-state index contributed by atoms with van der Waals surface area (Å²) >= 11 is 0. The van der Waals surface area contributed by atoms with Crippen LogP contribution in [0.2, 0.25) is 0 Å². The van der Waals surface area contributed by atoms with Gasteiger partial charge in [0, 0.05) is 43.7 Å². The molecule has 1 saturated heterocycles. The summed E-state index contributed by atoms with van der Waals surface area (Å²) in [6.07, 6.45) is 4.19. The van der Waals surface area contributed by atoms with E-state index in [0.717, 1.165) is 12.0 Å². The van der Waals surface area contributed by atoms with Gasteiger partial charge in [0.05, 0.1) is 6.33 Å². The molecule has 1 aliphatic rings. The van der Waals surface area contributed by atoms with Gasteiger partial charge in [-0.1, -0.05) is 30.3 Å². The molecular weight excluding hydrogens is 382 g/mol. The molecule has 1 N–H and O–H groups in total. The molecule has 0 bridgehead atoms. The summed E-state index contributed by atoms with van der Waals surface area (Å²) in [4.78, 5) is 35.9. The van der Waals surface area contributed by atoms with E-state index in [2.05, 4.69) is 20.4 Å². The third kappa shape index (κ3) is 3.10. The van der Waals surface area contributed by atoms with Crippen molar-refractivity contribution in [3.05, 3.63) is 66.4 Å². The maximum atomic E-state index is 12.9. The lowest BCUT2D eigenvalue weighted by Gasteiger charge is -2.30. The van der Waals surface area contributed by atoms with Gasteiger partial charge in [0.2, 0.25) is 0 Å². The molecular formula is C21H19N7O2. The lowest BCUT2D eigenvalue weighted by molar-refractivity contribution is 0.0642. The van der Waals surface area contributed by atoms with Crippen LogP contribution in [-0.2, 0) is 7.05 Å². The van der Waals surface area contributed by atoms with Crippen LogP contribution in [0.25, 0.3) is 17.0 Å². The van der Waals surface area contributed by atoms with E-state index in [-0.39, 0.29) is 17.3 Å². The molecule has 1 aromatic carbocycles. The van der Waals surface area contributed by atoms with Crippen molar-refractivity contribution in [1.29, 1.82) is 0 Å². The number of nitrogens with one attached hydrogen (secondary N) is 1. The van der Waals surface area contributed by atoms with Crippen LogP contribution in [0.1, 0.15) is 27.4 Å². The van der Waals surface area contributed by atoms with Crippen LogP contribution in [0.4, 0.5) is 5.69 Å².